The van der Waals surface area contributed by atoms with Crippen LogP contribution in [0, 0.1) is 6.92 Å². The third-order valence-corrected chi connectivity index (χ3v) is 5.29. The van der Waals surface area contributed by atoms with Gasteiger partial charge in [-0.25, -0.2) is 0 Å². The van der Waals surface area contributed by atoms with E-state index < -0.39 is 0 Å². The van der Waals surface area contributed by atoms with Gasteiger partial charge in [0.1, 0.15) is 7.05 Å². The number of aromatic amines is 1. The second kappa shape index (κ2) is 6.45. The molecule has 2 aromatic carbocycles. The van der Waals surface area contributed by atoms with E-state index in [9.17, 15) is 0 Å². The normalized spacial score (nSPS) is 15.7. The Morgan fingerprint density at radius 3 is 2.40 bits per heavy atom. The third-order valence-electron chi connectivity index (χ3n) is 5.29. The highest BCUT2D eigenvalue weighted by Crippen LogP contribution is 2.39. The maximum absolute atomic E-state index is 3.48. The minimum atomic E-state index is 0. The zero-order valence-electron chi connectivity index (χ0n) is 15.1. The Morgan fingerprint density at radius 2 is 1.64 bits per heavy atom. The Hall–Kier alpha value is -1.88. The van der Waals surface area contributed by atoms with Crippen molar-refractivity contribution in [3.05, 3.63) is 71.4 Å². The smallest absolute Gasteiger partial charge is 0.209 e. The molecule has 1 aliphatic heterocycles. The van der Waals surface area contributed by atoms with Gasteiger partial charge in [0.15, 0.2) is 5.71 Å². The molecule has 0 fully saturated rings. The number of hydrogen-bond donors (Lipinski definition) is 1. The van der Waals surface area contributed by atoms with Crippen molar-refractivity contribution >= 4 is 28.4 Å². The Balaban J connectivity index is 0.00000182. The minimum Gasteiger partial charge on any atom is -1.00 e. The van der Waals surface area contributed by atoms with Crippen molar-refractivity contribution in [2.75, 3.05) is 7.05 Å². The van der Waals surface area contributed by atoms with Gasteiger partial charge in [-0.3, -0.25) is 0 Å². The maximum Gasteiger partial charge on any atom is 0.209 e. The number of nitrogens with one attached hydrogen (secondary N) is 1. The molecule has 128 valence electrons. The molecule has 1 N–H and O–H groups in total. The highest BCUT2D eigenvalue weighted by atomic mass is 127. The first kappa shape index (κ1) is 17.9. The fourth-order valence-corrected chi connectivity index (χ4v) is 3.98. The van der Waals surface area contributed by atoms with Crippen molar-refractivity contribution in [1.82, 2.24) is 4.98 Å². The molecule has 0 unspecified atom stereocenters. The average Bonchev–Trinajstić information content (AvgIpc) is 2.99. The Morgan fingerprint density at radius 1 is 0.960 bits per heavy atom. The molecule has 1 aliphatic rings. The summed E-state index contributed by atoms with van der Waals surface area (Å²) in [4.78, 5) is 3.48. The molecule has 0 amide bonds. The number of aryl methyl sites for hydroxylation is 1. The Kier molecular flexibility index (Phi) is 4.62. The van der Waals surface area contributed by atoms with Crippen LogP contribution in [0.5, 0.6) is 0 Å². The van der Waals surface area contributed by atoms with Crippen LogP contribution in [0.4, 0.5) is 5.69 Å². The molecule has 0 aliphatic carbocycles. The van der Waals surface area contributed by atoms with Crippen molar-refractivity contribution < 1.29 is 28.6 Å². The van der Waals surface area contributed by atoms with Crippen LogP contribution in [-0.2, 0) is 5.41 Å². The zero-order chi connectivity index (χ0) is 16.9. The van der Waals surface area contributed by atoms with Crippen LogP contribution in [0.1, 0.15) is 30.7 Å². The number of fused-ring (bicyclic) bond motifs is 2. The van der Waals surface area contributed by atoms with E-state index in [0.717, 1.165) is 0 Å². The highest BCUT2D eigenvalue weighted by Gasteiger charge is 2.42. The van der Waals surface area contributed by atoms with Crippen LogP contribution in [-0.4, -0.2) is 22.3 Å². The summed E-state index contributed by atoms with van der Waals surface area (Å²) in [5.41, 5.74) is 7.72. The quantitative estimate of drug-likeness (QED) is 0.464. The van der Waals surface area contributed by atoms with Crippen LogP contribution in [0.3, 0.4) is 0 Å². The number of hydrogen-bond acceptors (Lipinski definition) is 0. The first-order valence-corrected chi connectivity index (χ1v) is 8.46. The van der Waals surface area contributed by atoms with Crippen molar-refractivity contribution in [3.8, 4) is 0 Å². The number of nitrogens with zero attached hydrogens (tertiary/aromatic N) is 1. The van der Waals surface area contributed by atoms with Crippen molar-refractivity contribution in [3.63, 3.8) is 0 Å². The molecule has 3 aromatic rings. The van der Waals surface area contributed by atoms with E-state index >= 15 is 0 Å². The van der Waals surface area contributed by atoms with Gasteiger partial charge in [0, 0.05) is 39.9 Å². The molecule has 2 nitrogen and oxygen atoms in total. The van der Waals surface area contributed by atoms with Gasteiger partial charge >= 0.3 is 0 Å². The summed E-state index contributed by atoms with van der Waals surface area (Å²) in [5, 5.41) is 1.28. The van der Waals surface area contributed by atoms with E-state index in [1.165, 1.54) is 39.1 Å². The predicted molar refractivity (Wildman–Crippen MR) is 102 cm³/mol. The van der Waals surface area contributed by atoms with Crippen LogP contribution >= 0.6 is 0 Å². The molecule has 0 bridgehead atoms. The second-order valence-electron chi connectivity index (χ2n) is 7.13. The van der Waals surface area contributed by atoms with Crippen molar-refractivity contribution in [2.45, 2.75) is 26.2 Å². The zero-order valence-corrected chi connectivity index (χ0v) is 17.3. The number of benzene rings is 2. The SMILES string of the molecule is Cc1[nH]c2ccccc2c1/C=C/C1=[N+](C)c2ccccc2C1(C)C.[I-]. The standard InChI is InChI=1S/C22H22N2.HI/c1-15-16(17-9-5-7-11-19(17)23-15)13-14-21-22(2,3)18-10-6-8-12-20(18)24(21)4;/h5-14H,1-4H3;1H. The van der Waals surface area contributed by atoms with Gasteiger partial charge < -0.3 is 29.0 Å². The van der Waals surface area contributed by atoms with E-state index in [4.69, 9.17) is 0 Å². The molecular formula is C22H23IN2. The van der Waals surface area contributed by atoms with E-state index in [1.807, 2.05) is 0 Å². The summed E-state index contributed by atoms with van der Waals surface area (Å²) >= 11 is 0. The summed E-state index contributed by atoms with van der Waals surface area (Å²) < 4.78 is 2.32. The number of para-hydroxylation sites is 2. The lowest BCUT2D eigenvalue weighted by molar-refractivity contribution is -0.401. The van der Waals surface area contributed by atoms with Gasteiger partial charge in [0.2, 0.25) is 5.69 Å². The predicted octanol–water partition coefficient (Wildman–Crippen LogP) is 2.20. The molecule has 0 radical (unpaired) electrons. The lowest BCUT2D eigenvalue weighted by Crippen LogP contribution is -3.00. The molecule has 4 rings (SSSR count). The maximum atomic E-state index is 3.48. The summed E-state index contributed by atoms with van der Waals surface area (Å²) in [5.74, 6) is 0. The lowest BCUT2D eigenvalue weighted by atomic mass is 9.81. The van der Waals surface area contributed by atoms with Crippen LogP contribution < -0.4 is 24.0 Å². The molecule has 25 heavy (non-hydrogen) atoms. The first-order valence-electron chi connectivity index (χ1n) is 8.46. The third kappa shape index (κ3) is 2.74. The number of H-pyrrole nitrogens is 1. The summed E-state index contributed by atoms with van der Waals surface area (Å²) in [6.07, 6.45) is 4.54. The molecule has 3 heteroatoms. The fraction of sp³-hybridized carbons (Fsp3) is 0.227. The van der Waals surface area contributed by atoms with Crippen LogP contribution in [0.2, 0.25) is 0 Å². The molecule has 1 aromatic heterocycles. The summed E-state index contributed by atoms with van der Waals surface area (Å²) in [6, 6.07) is 17.2. The molecule has 0 atom stereocenters. The topological polar surface area (TPSA) is 18.8 Å². The Bertz CT molecular complexity index is 1010. The largest absolute Gasteiger partial charge is 1.00 e. The summed E-state index contributed by atoms with van der Waals surface area (Å²) in [7, 11) is 2.16. The van der Waals surface area contributed by atoms with E-state index in [0.29, 0.717) is 0 Å². The van der Waals surface area contributed by atoms with Crippen molar-refractivity contribution in [2.24, 2.45) is 0 Å². The molecule has 0 spiro atoms. The fourth-order valence-electron chi connectivity index (χ4n) is 3.98. The average molecular weight is 442 g/mol. The highest BCUT2D eigenvalue weighted by molar-refractivity contribution is 6.06. The van der Waals surface area contributed by atoms with E-state index in [1.54, 1.807) is 0 Å². The first-order chi connectivity index (χ1) is 11.5. The molecule has 0 saturated carbocycles. The monoisotopic (exact) mass is 442 g/mol. The van der Waals surface area contributed by atoms with Gasteiger partial charge in [-0.1, -0.05) is 36.4 Å². The molecule has 2 heterocycles. The number of allylic oxidation sites excluding steroid dienone is 1. The van der Waals surface area contributed by atoms with Gasteiger partial charge in [0.25, 0.3) is 0 Å². The van der Waals surface area contributed by atoms with Crippen LogP contribution in [0.15, 0.2) is 54.6 Å². The lowest BCUT2D eigenvalue weighted by Gasteiger charge is -2.15. The van der Waals surface area contributed by atoms with E-state index in [2.05, 4.69) is 98.1 Å². The second-order valence-corrected chi connectivity index (χ2v) is 7.13. The molecular weight excluding hydrogens is 419 g/mol. The van der Waals surface area contributed by atoms with E-state index in [-0.39, 0.29) is 29.4 Å². The minimum absolute atomic E-state index is 0. The van der Waals surface area contributed by atoms with Gasteiger partial charge in [0.05, 0.1) is 5.41 Å². The van der Waals surface area contributed by atoms with Crippen LogP contribution in [0.25, 0.3) is 17.0 Å². The number of halogens is 1. The Labute approximate surface area is 166 Å². The van der Waals surface area contributed by atoms with Gasteiger partial charge in [-0.2, -0.15) is 4.58 Å². The van der Waals surface area contributed by atoms with Gasteiger partial charge in [-0.05, 0) is 32.9 Å². The number of rotatable bonds is 2. The number of aromatic nitrogens is 1. The summed E-state index contributed by atoms with van der Waals surface area (Å²) in [6.45, 7) is 6.75. The van der Waals surface area contributed by atoms with Gasteiger partial charge in [-0.15, -0.1) is 0 Å². The molecule has 0 saturated heterocycles. The van der Waals surface area contributed by atoms with Crippen molar-refractivity contribution in [1.29, 1.82) is 0 Å².